The highest BCUT2D eigenvalue weighted by Crippen LogP contribution is 2.42. The van der Waals surface area contributed by atoms with Crippen molar-refractivity contribution in [2.75, 3.05) is 0 Å². The van der Waals surface area contributed by atoms with Gasteiger partial charge in [-0.05, 0) is 56.2 Å². The van der Waals surface area contributed by atoms with Crippen molar-refractivity contribution in [1.29, 1.82) is 0 Å². The quantitative estimate of drug-likeness (QED) is 0.343. The lowest BCUT2D eigenvalue weighted by atomic mass is 10.1. The van der Waals surface area contributed by atoms with Gasteiger partial charge in [0.1, 0.15) is 0 Å². The summed E-state index contributed by atoms with van der Waals surface area (Å²) in [6, 6.07) is 10.3. The normalized spacial score (nSPS) is 12.8. The first-order valence-electron chi connectivity index (χ1n) is 4.43. The molecule has 0 aliphatic heterocycles. The van der Waals surface area contributed by atoms with E-state index in [0.29, 0.717) is 0 Å². The first-order chi connectivity index (χ1) is 7.59. The summed E-state index contributed by atoms with van der Waals surface area (Å²) < 4.78 is 2.24. The van der Waals surface area contributed by atoms with Gasteiger partial charge in [0, 0.05) is 8.45 Å². The van der Waals surface area contributed by atoms with E-state index in [-0.39, 0.29) is 4.83 Å². The molecule has 0 aliphatic rings. The van der Waals surface area contributed by atoms with Crippen molar-refractivity contribution in [3.05, 3.63) is 53.2 Å². The molecule has 1 aromatic carbocycles. The maximum Gasteiger partial charge on any atom is 0.0887 e. The third kappa shape index (κ3) is 2.83. The molecule has 2 aromatic rings. The molecule has 0 aliphatic carbocycles. The summed E-state index contributed by atoms with van der Waals surface area (Å²) in [5.41, 5.74) is 1.27. The maximum absolute atomic E-state index is 6.04. The molecule has 0 radical (unpaired) electrons. The van der Waals surface area contributed by atoms with E-state index >= 15 is 0 Å². The molecular weight excluding hydrogens is 486 g/mol. The van der Waals surface area contributed by atoms with Gasteiger partial charge < -0.3 is 0 Å². The molecule has 0 spiro atoms. The van der Waals surface area contributed by atoms with Crippen LogP contribution in [0.15, 0.2) is 34.1 Å². The van der Waals surface area contributed by atoms with E-state index in [2.05, 4.69) is 72.6 Å². The average Bonchev–Trinajstić information content (AvgIpc) is 2.59. The van der Waals surface area contributed by atoms with Crippen LogP contribution in [0.1, 0.15) is 15.3 Å². The fourth-order valence-corrected chi connectivity index (χ4v) is 5.00. The van der Waals surface area contributed by atoms with Gasteiger partial charge in [0.2, 0.25) is 0 Å². The predicted octanol–water partition coefficient (Wildman–Crippen LogP) is 6.25. The number of benzene rings is 1. The summed E-state index contributed by atoms with van der Waals surface area (Å²) >= 11 is 17.2. The standard InChI is InChI=1S/C11H6Br2ClIS/c12-10(6-3-1-2-4-8(6)15)9-5-7(14)11(13)16-9/h1-5,10H. The molecule has 0 fully saturated rings. The van der Waals surface area contributed by atoms with Gasteiger partial charge in [-0.25, -0.2) is 0 Å². The second kappa shape index (κ2) is 5.69. The van der Waals surface area contributed by atoms with E-state index in [4.69, 9.17) is 11.6 Å². The van der Waals surface area contributed by atoms with E-state index < -0.39 is 0 Å². The number of thiophene rings is 1. The minimum Gasteiger partial charge on any atom is -0.130 e. The zero-order chi connectivity index (χ0) is 11.7. The lowest BCUT2D eigenvalue weighted by Gasteiger charge is -2.09. The Labute approximate surface area is 134 Å². The molecule has 5 heteroatoms. The molecule has 0 nitrogen and oxygen atoms in total. The molecule has 16 heavy (non-hydrogen) atoms. The predicted molar refractivity (Wildman–Crippen MR) is 87.0 cm³/mol. The fraction of sp³-hybridized carbons (Fsp3) is 0.0909. The van der Waals surface area contributed by atoms with Crippen molar-refractivity contribution in [2.24, 2.45) is 0 Å². The lowest BCUT2D eigenvalue weighted by Crippen LogP contribution is -1.92. The molecule has 1 atom stereocenters. The van der Waals surface area contributed by atoms with E-state index in [1.807, 2.05) is 12.1 Å². The molecule has 1 unspecified atom stereocenters. The van der Waals surface area contributed by atoms with Crippen LogP contribution in [-0.4, -0.2) is 0 Å². The van der Waals surface area contributed by atoms with Gasteiger partial charge in [-0.2, -0.15) is 0 Å². The summed E-state index contributed by atoms with van der Waals surface area (Å²) in [4.78, 5) is 1.41. The molecule has 0 amide bonds. The van der Waals surface area contributed by atoms with Crippen LogP contribution in [0.25, 0.3) is 0 Å². The zero-order valence-electron chi connectivity index (χ0n) is 7.88. The summed E-state index contributed by atoms with van der Waals surface area (Å²) in [5.74, 6) is 0. The SMILES string of the molecule is Clc1cc(C(Br)c2ccccc2I)sc1Br. The summed E-state index contributed by atoms with van der Waals surface area (Å²) in [5, 5.41) is 0.774. The summed E-state index contributed by atoms with van der Waals surface area (Å²) in [6.45, 7) is 0. The summed E-state index contributed by atoms with van der Waals surface area (Å²) in [6.07, 6.45) is 0. The smallest absolute Gasteiger partial charge is 0.0887 e. The van der Waals surface area contributed by atoms with E-state index in [9.17, 15) is 0 Å². The molecule has 0 bridgehead atoms. The highest BCUT2D eigenvalue weighted by atomic mass is 127. The van der Waals surface area contributed by atoms with Gasteiger partial charge in [-0.1, -0.05) is 45.7 Å². The largest absolute Gasteiger partial charge is 0.130 e. The van der Waals surface area contributed by atoms with Crippen LogP contribution >= 0.6 is 77.4 Å². The third-order valence-electron chi connectivity index (χ3n) is 2.09. The van der Waals surface area contributed by atoms with Crippen LogP contribution in [0.4, 0.5) is 0 Å². The topological polar surface area (TPSA) is 0 Å². The Hall–Kier alpha value is 0.900. The Morgan fingerprint density at radius 1 is 1.31 bits per heavy atom. The Morgan fingerprint density at radius 2 is 2.00 bits per heavy atom. The molecule has 84 valence electrons. The van der Waals surface area contributed by atoms with E-state index in [1.165, 1.54) is 14.0 Å². The van der Waals surface area contributed by atoms with E-state index in [0.717, 1.165) is 8.81 Å². The van der Waals surface area contributed by atoms with Crippen LogP contribution in [0.5, 0.6) is 0 Å². The second-order valence-electron chi connectivity index (χ2n) is 3.15. The Balaban J connectivity index is 2.39. The zero-order valence-corrected chi connectivity index (χ0v) is 14.8. The average molecular weight is 492 g/mol. The van der Waals surface area contributed by atoms with Crippen LogP contribution in [-0.2, 0) is 0 Å². The third-order valence-corrected chi connectivity index (χ3v) is 6.90. The monoisotopic (exact) mass is 490 g/mol. The number of rotatable bonds is 2. The van der Waals surface area contributed by atoms with Crippen LogP contribution in [0.3, 0.4) is 0 Å². The lowest BCUT2D eigenvalue weighted by molar-refractivity contribution is 1.21. The van der Waals surface area contributed by atoms with Gasteiger partial charge in [-0.15, -0.1) is 11.3 Å². The highest BCUT2D eigenvalue weighted by Gasteiger charge is 2.16. The number of hydrogen-bond acceptors (Lipinski definition) is 1. The minimum absolute atomic E-state index is 0.203. The second-order valence-corrected chi connectivity index (χ2v) is 8.04. The molecule has 1 aromatic heterocycles. The van der Waals surface area contributed by atoms with Gasteiger partial charge in [0.25, 0.3) is 0 Å². The van der Waals surface area contributed by atoms with Crippen molar-refractivity contribution in [3.8, 4) is 0 Å². The van der Waals surface area contributed by atoms with Gasteiger partial charge in [0.15, 0.2) is 0 Å². The number of halogens is 4. The van der Waals surface area contributed by atoms with Crippen LogP contribution < -0.4 is 0 Å². The van der Waals surface area contributed by atoms with Crippen molar-refractivity contribution in [1.82, 2.24) is 0 Å². The van der Waals surface area contributed by atoms with E-state index in [1.54, 1.807) is 11.3 Å². The van der Waals surface area contributed by atoms with Crippen molar-refractivity contribution in [2.45, 2.75) is 4.83 Å². The molecule has 0 saturated carbocycles. The minimum atomic E-state index is 0.203. The highest BCUT2D eigenvalue weighted by molar-refractivity contribution is 14.1. The van der Waals surface area contributed by atoms with Crippen LogP contribution in [0.2, 0.25) is 5.02 Å². The Bertz CT molecular complexity index is 493. The van der Waals surface area contributed by atoms with Crippen molar-refractivity contribution in [3.63, 3.8) is 0 Å². The molecule has 0 saturated heterocycles. The van der Waals surface area contributed by atoms with Crippen molar-refractivity contribution < 1.29 is 0 Å². The van der Waals surface area contributed by atoms with Crippen LogP contribution in [0, 0.1) is 3.57 Å². The Kier molecular flexibility index (Phi) is 4.74. The Morgan fingerprint density at radius 3 is 2.56 bits per heavy atom. The van der Waals surface area contributed by atoms with Gasteiger partial charge in [0.05, 0.1) is 13.6 Å². The number of hydrogen-bond donors (Lipinski definition) is 0. The molecular formula is C11H6Br2ClIS. The molecule has 0 N–H and O–H groups in total. The van der Waals surface area contributed by atoms with Gasteiger partial charge >= 0.3 is 0 Å². The number of alkyl halides is 1. The first-order valence-corrected chi connectivity index (χ1v) is 8.41. The molecule has 1 heterocycles. The molecule has 2 rings (SSSR count). The maximum atomic E-state index is 6.04. The summed E-state index contributed by atoms with van der Waals surface area (Å²) in [7, 11) is 0. The van der Waals surface area contributed by atoms with Crippen molar-refractivity contribution >= 4 is 77.4 Å². The first kappa shape index (κ1) is 13.3. The fourth-order valence-electron chi connectivity index (χ4n) is 1.32. The van der Waals surface area contributed by atoms with Gasteiger partial charge in [-0.3, -0.25) is 0 Å².